The van der Waals surface area contributed by atoms with Gasteiger partial charge in [-0.25, -0.2) is 0 Å². The summed E-state index contributed by atoms with van der Waals surface area (Å²) in [5, 5.41) is 0. The highest BCUT2D eigenvalue weighted by Gasteiger charge is 2.29. The maximum absolute atomic E-state index is 9.94. The third kappa shape index (κ3) is 1.93. The largest absolute Gasteiger partial charge is 0.461 e. The second-order valence-electron chi connectivity index (χ2n) is 2.47. The van der Waals surface area contributed by atoms with Crippen LogP contribution >= 0.6 is 0 Å². The van der Waals surface area contributed by atoms with E-state index in [1.54, 1.807) is 0 Å². The first-order valence-electron chi connectivity index (χ1n) is 3.56. The number of carbonyl (C=O) groups is 2. The third-order valence-corrected chi connectivity index (χ3v) is 1.85. The molecule has 0 aromatic carbocycles. The third-order valence-electron chi connectivity index (χ3n) is 1.85. The molecule has 0 aromatic heterocycles. The van der Waals surface area contributed by atoms with Gasteiger partial charge in [-0.05, 0) is 19.3 Å². The molecule has 1 aliphatic carbocycles. The molecule has 0 spiro atoms. The molecule has 0 radical (unpaired) electrons. The van der Waals surface area contributed by atoms with Gasteiger partial charge >= 0.3 is 0 Å². The molecule has 1 fully saturated rings. The van der Waals surface area contributed by atoms with E-state index in [9.17, 15) is 9.59 Å². The van der Waals surface area contributed by atoms with Crippen LogP contribution in [0.4, 0.5) is 0 Å². The smallest absolute Gasteiger partial charge is 0.293 e. The van der Waals surface area contributed by atoms with Crippen LogP contribution in [0.1, 0.15) is 19.3 Å². The molecule has 1 aliphatic rings. The number of hydrogen-bond donors (Lipinski definition) is 0. The fourth-order valence-electron chi connectivity index (χ4n) is 1.35. The van der Waals surface area contributed by atoms with E-state index in [2.05, 4.69) is 0 Å². The van der Waals surface area contributed by atoms with Crippen molar-refractivity contribution in [2.45, 2.75) is 31.5 Å². The molecule has 0 aromatic rings. The van der Waals surface area contributed by atoms with Gasteiger partial charge in [0.05, 0.1) is 0 Å². The van der Waals surface area contributed by atoms with Crippen LogP contribution in [0.3, 0.4) is 0 Å². The van der Waals surface area contributed by atoms with E-state index < -0.39 is 0 Å². The Labute approximate surface area is 64.5 Å². The Morgan fingerprint density at radius 1 is 1.00 bits per heavy atom. The Morgan fingerprint density at radius 3 is 1.82 bits per heavy atom. The maximum Gasteiger partial charge on any atom is 0.293 e. The lowest BCUT2D eigenvalue weighted by Crippen LogP contribution is -2.25. The predicted molar refractivity (Wildman–Crippen MR) is 35.7 cm³/mol. The number of carbonyl (C=O) groups excluding carboxylic acids is 2. The summed E-state index contributed by atoms with van der Waals surface area (Å²) in [5.74, 6) is 0. The van der Waals surface area contributed by atoms with Crippen LogP contribution in [0.5, 0.6) is 0 Å². The lowest BCUT2D eigenvalue weighted by Gasteiger charge is -2.15. The van der Waals surface area contributed by atoms with Crippen molar-refractivity contribution in [2.24, 2.45) is 0 Å². The normalized spacial score (nSPS) is 29.5. The van der Waals surface area contributed by atoms with Gasteiger partial charge in [-0.1, -0.05) is 0 Å². The highest BCUT2D eigenvalue weighted by atomic mass is 16.6. The van der Waals surface area contributed by atoms with E-state index in [0.29, 0.717) is 12.9 Å². The van der Waals surface area contributed by atoms with Crippen molar-refractivity contribution in [1.82, 2.24) is 0 Å². The van der Waals surface area contributed by atoms with E-state index in [-0.39, 0.29) is 12.2 Å². The Hall–Kier alpha value is -1.06. The number of hydrogen-bond acceptors (Lipinski definition) is 4. The topological polar surface area (TPSA) is 52.6 Å². The van der Waals surface area contributed by atoms with Gasteiger partial charge in [0.1, 0.15) is 12.2 Å². The maximum atomic E-state index is 9.94. The van der Waals surface area contributed by atoms with Gasteiger partial charge in [0.15, 0.2) is 0 Å². The highest BCUT2D eigenvalue weighted by molar-refractivity contribution is 5.39. The zero-order valence-corrected chi connectivity index (χ0v) is 6.06. The molecule has 11 heavy (non-hydrogen) atoms. The first-order valence-corrected chi connectivity index (χ1v) is 3.56. The molecule has 0 N–H and O–H groups in total. The van der Waals surface area contributed by atoms with Crippen LogP contribution in [0.25, 0.3) is 0 Å². The predicted octanol–water partition coefficient (Wildman–Crippen LogP) is 0.254. The SMILES string of the molecule is O=COC1CCCC1OC=O. The van der Waals surface area contributed by atoms with Gasteiger partial charge < -0.3 is 9.47 Å². The molecule has 0 bridgehead atoms. The van der Waals surface area contributed by atoms with Crippen LogP contribution < -0.4 is 0 Å². The van der Waals surface area contributed by atoms with E-state index in [1.165, 1.54) is 0 Å². The Kier molecular flexibility index (Phi) is 2.89. The van der Waals surface area contributed by atoms with Gasteiger partial charge in [-0.15, -0.1) is 0 Å². The summed E-state index contributed by atoms with van der Waals surface area (Å²) in [5.41, 5.74) is 0. The van der Waals surface area contributed by atoms with E-state index in [0.717, 1.165) is 19.3 Å². The molecule has 2 unspecified atom stereocenters. The van der Waals surface area contributed by atoms with Crippen molar-refractivity contribution in [1.29, 1.82) is 0 Å². The molecule has 4 heteroatoms. The minimum atomic E-state index is -0.224. The Balaban J connectivity index is 2.36. The summed E-state index contributed by atoms with van der Waals surface area (Å²) >= 11 is 0. The molecule has 0 aliphatic heterocycles. The molecule has 4 nitrogen and oxygen atoms in total. The average molecular weight is 158 g/mol. The minimum absolute atomic E-state index is 0.224. The second-order valence-corrected chi connectivity index (χ2v) is 2.47. The second kappa shape index (κ2) is 3.95. The Bertz CT molecular complexity index is 129. The highest BCUT2D eigenvalue weighted by Crippen LogP contribution is 2.23. The van der Waals surface area contributed by atoms with Crippen LogP contribution in [0.15, 0.2) is 0 Å². The first kappa shape index (κ1) is 8.04. The summed E-state index contributed by atoms with van der Waals surface area (Å²) in [6.45, 7) is 0.800. The van der Waals surface area contributed by atoms with Gasteiger partial charge in [-0.3, -0.25) is 9.59 Å². The fourth-order valence-corrected chi connectivity index (χ4v) is 1.35. The van der Waals surface area contributed by atoms with Gasteiger partial charge in [0.25, 0.3) is 12.9 Å². The number of ether oxygens (including phenoxy) is 2. The van der Waals surface area contributed by atoms with Crippen LogP contribution in [0, 0.1) is 0 Å². The zero-order chi connectivity index (χ0) is 8.10. The van der Waals surface area contributed by atoms with Gasteiger partial charge in [0, 0.05) is 0 Å². The van der Waals surface area contributed by atoms with Gasteiger partial charge in [-0.2, -0.15) is 0 Å². The summed E-state index contributed by atoms with van der Waals surface area (Å²) in [7, 11) is 0. The van der Waals surface area contributed by atoms with Crippen LogP contribution in [-0.2, 0) is 19.1 Å². The first-order chi connectivity index (χ1) is 5.38. The van der Waals surface area contributed by atoms with Crippen molar-refractivity contribution in [2.75, 3.05) is 0 Å². The minimum Gasteiger partial charge on any atom is -0.461 e. The van der Waals surface area contributed by atoms with Crippen molar-refractivity contribution >= 4 is 12.9 Å². The van der Waals surface area contributed by atoms with E-state index >= 15 is 0 Å². The Morgan fingerprint density at radius 2 is 1.45 bits per heavy atom. The van der Waals surface area contributed by atoms with E-state index in [1.807, 2.05) is 0 Å². The molecule has 0 heterocycles. The number of rotatable bonds is 4. The molecule has 62 valence electrons. The average Bonchev–Trinajstić information content (AvgIpc) is 2.39. The summed E-state index contributed by atoms with van der Waals surface area (Å²) in [4.78, 5) is 19.9. The van der Waals surface area contributed by atoms with Crippen molar-refractivity contribution < 1.29 is 19.1 Å². The van der Waals surface area contributed by atoms with Crippen molar-refractivity contribution in [3.8, 4) is 0 Å². The van der Waals surface area contributed by atoms with Crippen LogP contribution in [0.2, 0.25) is 0 Å². The monoisotopic (exact) mass is 158 g/mol. The lowest BCUT2D eigenvalue weighted by molar-refractivity contribution is -0.148. The molecule has 1 saturated carbocycles. The zero-order valence-electron chi connectivity index (χ0n) is 6.06. The van der Waals surface area contributed by atoms with E-state index in [4.69, 9.17) is 9.47 Å². The molecule has 0 amide bonds. The quantitative estimate of drug-likeness (QED) is 0.550. The summed E-state index contributed by atoms with van der Waals surface area (Å²) in [6.07, 6.45) is 2.07. The fraction of sp³-hybridized carbons (Fsp3) is 0.714. The lowest BCUT2D eigenvalue weighted by atomic mass is 10.3. The summed E-state index contributed by atoms with van der Waals surface area (Å²) in [6, 6.07) is 0. The van der Waals surface area contributed by atoms with Crippen LogP contribution in [-0.4, -0.2) is 25.2 Å². The van der Waals surface area contributed by atoms with Crippen molar-refractivity contribution in [3.05, 3.63) is 0 Å². The standard InChI is InChI=1S/C7H10O4/c8-4-10-6-2-1-3-7(6)11-5-9/h4-7H,1-3H2. The molecule has 1 rings (SSSR count). The summed E-state index contributed by atoms with van der Waals surface area (Å²) < 4.78 is 9.41. The van der Waals surface area contributed by atoms with Gasteiger partial charge in [0.2, 0.25) is 0 Å². The molecular weight excluding hydrogens is 148 g/mol. The molecule has 2 atom stereocenters. The van der Waals surface area contributed by atoms with Crippen molar-refractivity contribution in [3.63, 3.8) is 0 Å². The molecular formula is C7H10O4. The molecule has 0 saturated heterocycles.